The smallest absolute Gasteiger partial charge is 0.234 e. The third-order valence-electron chi connectivity index (χ3n) is 6.10. The van der Waals surface area contributed by atoms with Crippen molar-refractivity contribution in [2.24, 2.45) is 17.1 Å². The molecule has 0 radical (unpaired) electrons. The van der Waals surface area contributed by atoms with E-state index in [0.29, 0.717) is 12.5 Å². The Morgan fingerprint density at radius 2 is 1.88 bits per heavy atom. The van der Waals surface area contributed by atoms with Crippen molar-refractivity contribution in [2.75, 3.05) is 19.6 Å². The molecule has 1 heterocycles. The van der Waals surface area contributed by atoms with E-state index in [-0.39, 0.29) is 35.8 Å². The maximum absolute atomic E-state index is 12.8. The Kier molecular flexibility index (Phi) is 7.51. The number of piperidine rings is 1. The van der Waals surface area contributed by atoms with Gasteiger partial charge in [-0.1, -0.05) is 57.0 Å². The van der Waals surface area contributed by atoms with E-state index in [1.54, 1.807) is 0 Å². The number of hydrogen-bond acceptors (Lipinski definition) is 3. The van der Waals surface area contributed by atoms with Gasteiger partial charge < -0.3 is 11.1 Å². The number of likely N-dealkylation sites (tertiary alicyclic amines) is 1. The second kappa shape index (κ2) is 9.20. The van der Waals surface area contributed by atoms with E-state index in [2.05, 4.69) is 48.3 Å². The molecule has 2 fully saturated rings. The normalized spacial score (nSPS) is 24.7. The van der Waals surface area contributed by atoms with Crippen LogP contribution in [0.1, 0.15) is 57.6 Å². The predicted octanol–water partition coefficient (Wildman–Crippen LogP) is 3.52. The van der Waals surface area contributed by atoms with E-state index in [4.69, 9.17) is 5.73 Å². The molecule has 1 saturated heterocycles. The van der Waals surface area contributed by atoms with Crippen LogP contribution in [0.2, 0.25) is 0 Å². The second-order valence-electron chi connectivity index (χ2n) is 8.59. The van der Waals surface area contributed by atoms with Gasteiger partial charge in [0.25, 0.3) is 0 Å². The quantitative estimate of drug-likeness (QED) is 0.822. The third-order valence-corrected chi connectivity index (χ3v) is 6.10. The van der Waals surface area contributed by atoms with Crippen LogP contribution in [0.25, 0.3) is 0 Å². The molecule has 0 bridgehead atoms. The minimum absolute atomic E-state index is 0. The van der Waals surface area contributed by atoms with Crippen LogP contribution in [0.15, 0.2) is 30.3 Å². The van der Waals surface area contributed by atoms with Crippen LogP contribution < -0.4 is 11.1 Å². The predicted molar refractivity (Wildman–Crippen MR) is 109 cm³/mol. The highest BCUT2D eigenvalue weighted by Crippen LogP contribution is 2.35. The highest BCUT2D eigenvalue weighted by molar-refractivity contribution is 5.85. The van der Waals surface area contributed by atoms with Gasteiger partial charge in [0, 0.05) is 19.1 Å². The van der Waals surface area contributed by atoms with Gasteiger partial charge in [0.15, 0.2) is 0 Å². The maximum atomic E-state index is 12.8. The summed E-state index contributed by atoms with van der Waals surface area (Å²) in [5.41, 5.74) is 7.53. The average molecular weight is 380 g/mol. The van der Waals surface area contributed by atoms with Crippen LogP contribution in [-0.4, -0.2) is 36.5 Å². The fourth-order valence-electron chi connectivity index (χ4n) is 4.47. The SMILES string of the molecule is CC1(C)CN(CC(=O)NC(c2ccccc2)C2CCCC2)CCC1N.Cl. The summed E-state index contributed by atoms with van der Waals surface area (Å²) in [6.45, 7) is 6.69. The zero-order valence-electron chi connectivity index (χ0n) is 16.1. The Hall–Kier alpha value is -1.10. The number of benzene rings is 1. The molecular formula is C21H34ClN3O. The molecule has 2 atom stereocenters. The van der Waals surface area contributed by atoms with Crippen molar-refractivity contribution in [1.29, 1.82) is 0 Å². The summed E-state index contributed by atoms with van der Waals surface area (Å²) in [4.78, 5) is 15.0. The minimum atomic E-state index is 0. The summed E-state index contributed by atoms with van der Waals surface area (Å²) in [7, 11) is 0. The van der Waals surface area contributed by atoms with Crippen molar-refractivity contribution in [1.82, 2.24) is 10.2 Å². The van der Waals surface area contributed by atoms with Crippen molar-refractivity contribution in [3.05, 3.63) is 35.9 Å². The Morgan fingerprint density at radius 1 is 1.23 bits per heavy atom. The Morgan fingerprint density at radius 3 is 2.50 bits per heavy atom. The van der Waals surface area contributed by atoms with Crippen molar-refractivity contribution in [3.8, 4) is 0 Å². The molecule has 1 aromatic rings. The molecule has 1 amide bonds. The minimum Gasteiger partial charge on any atom is -0.348 e. The third kappa shape index (κ3) is 5.21. The zero-order valence-corrected chi connectivity index (χ0v) is 16.9. The fraction of sp³-hybridized carbons (Fsp3) is 0.667. The zero-order chi connectivity index (χ0) is 17.9. The van der Waals surface area contributed by atoms with Crippen molar-refractivity contribution >= 4 is 18.3 Å². The number of carbonyl (C=O) groups excluding carboxylic acids is 1. The molecule has 4 nitrogen and oxygen atoms in total. The number of hydrogen-bond donors (Lipinski definition) is 2. The van der Waals surface area contributed by atoms with Crippen LogP contribution in [0.4, 0.5) is 0 Å². The summed E-state index contributed by atoms with van der Waals surface area (Å²) < 4.78 is 0. The number of halogens is 1. The van der Waals surface area contributed by atoms with E-state index < -0.39 is 0 Å². The Balaban J connectivity index is 0.00000243. The highest BCUT2D eigenvalue weighted by Gasteiger charge is 2.34. The number of nitrogens with zero attached hydrogens (tertiary/aromatic N) is 1. The van der Waals surface area contributed by atoms with E-state index in [1.165, 1.54) is 31.2 Å². The molecule has 1 aliphatic carbocycles. The molecule has 2 aliphatic rings. The van der Waals surface area contributed by atoms with Gasteiger partial charge in [-0.25, -0.2) is 0 Å². The Labute approximate surface area is 164 Å². The first-order chi connectivity index (χ1) is 12.0. The summed E-state index contributed by atoms with van der Waals surface area (Å²) in [6.07, 6.45) is 5.95. The van der Waals surface area contributed by atoms with E-state index in [9.17, 15) is 4.79 Å². The second-order valence-corrected chi connectivity index (χ2v) is 8.59. The van der Waals surface area contributed by atoms with Gasteiger partial charge in [-0.2, -0.15) is 0 Å². The van der Waals surface area contributed by atoms with Gasteiger partial charge in [-0.15, -0.1) is 12.4 Å². The van der Waals surface area contributed by atoms with Gasteiger partial charge in [0.05, 0.1) is 12.6 Å². The molecule has 0 aromatic heterocycles. The molecule has 1 aromatic carbocycles. The van der Waals surface area contributed by atoms with Crippen LogP contribution in [0.3, 0.4) is 0 Å². The summed E-state index contributed by atoms with van der Waals surface area (Å²) in [5, 5.41) is 3.35. The van der Waals surface area contributed by atoms with Crippen LogP contribution in [-0.2, 0) is 4.79 Å². The van der Waals surface area contributed by atoms with E-state index in [1.807, 2.05) is 6.07 Å². The molecule has 1 aliphatic heterocycles. The molecule has 1 saturated carbocycles. The lowest BCUT2D eigenvalue weighted by atomic mass is 9.80. The molecule has 0 spiro atoms. The first-order valence-corrected chi connectivity index (χ1v) is 9.78. The number of amides is 1. The first-order valence-electron chi connectivity index (χ1n) is 9.78. The number of rotatable bonds is 5. The molecular weight excluding hydrogens is 346 g/mol. The van der Waals surface area contributed by atoms with Crippen molar-refractivity contribution in [2.45, 2.75) is 58.0 Å². The first kappa shape index (κ1) is 21.2. The average Bonchev–Trinajstić information content (AvgIpc) is 3.11. The fourth-order valence-corrected chi connectivity index (χ4v) is 4.47. The molecule has 146 valence electrons. The maximum Gasteiger partial charge on any atom is 0.234 e. The lowest BCUT2D eigenvalue weighted by molar-refractivity contribution is -0.124. The van der Waals surface area contributed by atoms with Crippen molar-refractivity contribution in [3.63, 3.8) is 0 Å². The van der Waals surface area contributed by atoms with Gasteiger partial charge >= 0.3 is 0 Å². The Bertz CT molecular complexity index is 572. The standard InChI is InChI=1S/C21H33N3O.ClH/c1-21(2)15-24(13-12-18(21)22)14-19(25)23-20(17-10-6-7-11-17)16-8-4-3-5-9-16;/h3-5,8-9,17-18,20H,6-7,10-15,22H2,1-2H3,(H,23,25);1H. The lowest BCUT2D eigenvalue weighted by Gasteiger charge is -2.42. The van der Waals surface area contributed by atoms with Crippen molar-refractivity contribution < 1.29 is 4.79 Å². The van der Waals surface area contributed by atoms with Gasteiger partial charge in [0.1, 0.15) is 0 Å². The summed E-state index contributed by atoms with van der Waals surface area (Å²) >= 11 is 0. The van der Waals surface area contributed by atoms with E-state index in [0.717, 1.165) is 19.5 Å². The topological polar surface area (TPSA) is 58.4 Å². The molecule has 3 N–H and O–H groups in total. The monoisotopic (exact) mass is 379 g/mol. The van der Waals surface area contributed by atoms with Gasteiger partial charge in [-0.05, 0) is 36.2 Å². The van der Waals surface area contributed by atoms with Crippen LogP contribution >= 0.6 is 12.4 Å². The van der Waals surface area contributed by atoms with E-state index >= 15 is 0 Å². The van der Waals surface area contributed by atoms with Gasteiger partial charge in [0.2, 0.25) is 5.91 Å². The molecule has 5 heteroatoms. The summed E-state index contributed by atoms with van der Waals surface area (Å²) in [5.74, 6) is 0.713. The molecule has 3 rings (SSSR count). The lowest BCUT2D eigenvalue weighted by Crippen LogP contribution is -2.54. The largest absolute Gasteiger partial charge is 0.348 e. The number of nitrogens with one attached hydrogen (secondary N) is 1. The number of nitrogens with two attached hydrogens (primary N) is 1. The van der Waals surface area contributed by atoms with Crippen LogP contribution in [0, 0.1) is 11.3 Å². The number of carbonyl (C=O) groups is 1. The van der Waals surface area contributed by atoms with Crippen LogP contribution in [0.5, 0.6) is 0 Å². The summed E-state index contributed by atoms with van der Waals surface area (Å²) in [6, 6.07) is 10.8. The highest BCUT2D eigenvalue weighted by atomic mass is 35.5. The molecule has 2 unspecified atom stereocenters. The molecule has 26 heavy (non-hydrogen) atoms. The van der Waals surface area contributed by atoms with Gasteiger partial charge in [-0.3, -0.25) is 9.69 Å².